The van der Waals surface area contributed by atoms with Crippen molar-refractivity contribution in [1.29, 1.82) is 0 Å². The zero-order valence-electron chi connectivity index (χ0n) is 12.6. The van der Waals surface area contributed by atoms with E-state index in [-0.39, 0.29) is 11.9 Å². The monoisotopic (exact) mass is 289 g/mol. The molecule has 0 spiro atoms. The first-order chi connectivity index (χ1) is 10.1. The highest BCUT2D eigenvalue weighted by molar-refractivity contribution is 5.82. The molecule has 21 heavy (non-hydrogen) atoms. The molecule has 0 bridgehead atoms. The van der Waals surface area contributed by atoms with Gasteiger partial charge in [0.2, 0.25) is 11.9 Å². The molecule has 0 unspecified atom stereocenters. The Morgan fingerprint density at radius 2 is 1.95 bits per heavy atom. The standard InChI is InChI=1S/C15H23N5O/c1-11-9-13(18-15(16)17-11)19-7-8-20(14(21)10-19)12-5-3-2-4-6-12/h9,12H,2-8,10H2,1H3,(H2,16,17,18). The number of hydrogen-bond donors (Lipinski definition) is 1. The Morgan fingerprint density at radius 1 is 1.19 bits per heavy atom. The van der Waals surface area contributed by atoms with Crippen molar-refractivity contribution in [2.45, 2.75) is 45.1 Å². The SMILES string of the molecule is Cc1cc(N2CCN(C3CCCCC3)C(=O)C2)nc(N)n1. The van der Waals surface area contributed by atoms with Crippen LogP contribution in [0, 0.1) is 6.92 Å². The Morgan fingerprint density at radius 3 is 2.62 bits per heavy atom. The molecule has 6 heteroatoms. The Kier molecular flexibility index (Phi) is 3.94. The van der Waals surface area contributed by atoms with Crippen LogP contribution in [0.2, 0.25) is 0 Å². The van der Waals surface area contributed by atoms with Crippen molar-refractivity contribution in [1.82, 2.24) is 14.9 Å². The molecule has 1 saturated carbocycles. The van der Waals surface area contributed by atoms with Crippen LogP contribution in [-0.2, 0) is 4.79 Å². The number of rotatable bonds is 2. The normalized spacial score (nSPS) is 20.9. The molecule has 1 aromatic rings. The molecule has 1 amide bonds. The maximum absolute atomic E-state index is 12.5. The van der Waals surface area contributed by atoms with Gasteiger partial charge in [-0.25, -0.2) is 4.98 Å². The molecular formula is C15H23N5O. The molecule has 2 aliphatic rings. The molecule has 2 heterocycles. The van der Waals surface area contributed by atoms with E-state index in [9.17, 15) is 4.79 Å². The van der Waals surface area contributed by atoms with Gasteiger partial charge in [0, 0.05) is 30.9 Å². The number of anilines is 2. The number of amides is 1. The van der Waals surface area contributed by atoms with E-state index >= 15 is 0 Å². The largest absolute Gasteiger partial charge is 0.368 e. The van der Waals surface area contributed by atoms with Crippen LogP contribution in [0.25, 0.3) is 0 Å². The van der Waals surface area contributed by atoms with Crippen molar-refractivity contribution in [3.8, 4) is 0 Å². The Labute approximate surface area is 125 Å². The van der Waals surface area contributed by atoms with Crippen LogP contribution in [0.1, 0.15) is 37.8 Å². The smallest absolute Gasteiger partial charge is 0.242 e. The Hall–Kier alpha value is -1.85. The van der Waals surface area contributed by atoms with E-state index in [2.05, 4.69) is 14.9 Å². The van der Waals surface area contributed by atoms with Crippen molar-refractivity contribution in [3.05, 3.63) is 11.8 Å². The van der Waals surface area contributed by atoms with Crippen LogP contribution in [-0.4, -0.2) is 46.5 Å². The zero-order valence-corrected chi connectivity index (χ0v) is 12.6. The van der Waals surface area contributed by atoms with Gasteiger partial charge in [-0.15, -0.1) is 0 Å². The molecule has 1 saturated heterocycles. The maximum atomic E-state index is 12.5. The lowest BCUT2D eigenvalue weighted by Crippen LogP contribution is -2.54. The van der Waals surface area contributed by atoms with Crippen molar-refractivity contribution in [2.75, 3.05) is 30.3 Å². The van der Waals surface area contributed by atoms with E-state index in [1.807, 2.05) is 17.9 Å². The number of carbonyl (C=O) groups excluding carboxylic acids is 1. The molecule has 6 nitrogen and oxygen atoms in total. The van der Waals surface area contributed by atoms with Crippen LogP contribution < -0.4 is 10.6 Å². The molecule has 0 atom stereocenters. The lowest BCUT2D eigenvalue weighted by molar-refractivity contribution is -0.134. The fraction of sp³-hybridized carbons (Fsp3) is 0.667. The molecule has 3 rings (SSSR count). The number of nitrogens with zero attached hydrogens (tertiary/aromatic N) is 4. The molecule has 2 N–H and O–H groups in total. The summed E-state index contributed by atoms with van der Waals surface area (Å²) in [5, 5.41) is 0. The quantitative estimate of drug-likeness (QED) is 0.889. The summed E-state index contributed by atoms with van der Waals surface area (Å²) in [6.45, 7) is 3.89. The predicted molar refractivity (Wildman–Crippen MR) is 82.0 cm³/mol. The summed E-state index contributed by atoms with van der Waals surface area (Å²) in [6, 6.07) is 2.34. The van der Waals surface area contributed by atoms with Gasteiger partial charge < -0.3 is 15.5 Å². The minimum absolute atomic E-state index is 0.211. The van der Waals surface area contributed by atoms with Crippen LogP contribution >= 0.6 is 0 Å². The number of hydrogen-bond acceptors (Lipinski definition) is 5. The zero-order chi connectivity index (χ0) is 14.8. The van der Waals surface area contributed by atoms with Crippen molar-refractivity contribution >= 4 is 17.7 Å². The molecule has 0 radical (unpaired) electrons. The second-order valence-electron chi connectivity index (χ2n) is 6.03. The highest BCUT2D eigenvalue weighted by Crippen LogP contribution is 2.25. The average molecular weight is 289 g/mol. The second-order valence-corrected chi connectivity index (χ2v) is 6.03. The van der Waals surface area contributed by atoms with Crippen LogP contribution in [0.3, 0.4) is 0 Å². The summed E-state index contributed by atoms with van der Waals surface area (Å²) in [4.78, 5) is 24.9. The van der Waals surface area contributed by atoms with E-state index in [1.54, 1.807) is 0 Å². The lowest BCUT2D eigenvalue weighted by atomic mass is 9.93. The van der Waals surface area contributed by atoms with Crippen molar-refractivity contribution in [2.24, 2.45) is 0 Å². The summed E-state index contributed by atoms with van der Waals surface area (Å²) < 4.78 is 0. The number of aromatic nitrogens is 2. The summed E-state index contributed by atoms with van der Waals surface area (Å²) in [6.07, 6.45) is 6.13. The minimum Gasteiger partial charge on any atom is -0.368 e. The van der Waals surface area contributed by atoms with Gasteiger partial charge in [-0.05, 0) is 19.8 Å². The van der Waals surface area contributed by atoms with Crippen molar-refractivity contribution < 1.29 is 4.79 Å². The third-order valence-electron chi connectivity index (χ3n) is 4.45. The summed E-state index contributed by atoms with van der Waals surface area (Å²) in [7, 11) is 0. The summed E-state index contributed by atoms with van der Waals surface area (Å²) >= 11 is 0. The fourth-order valence-corrected chi connectivity index (χ4v) is 3.40. The minimum atomic E-state index is 0.211. The van der Waals surface area contributed by atoms with Gasteiger partial charge in [-0.3, -0.25) is 4.79 Å². The molecule has 2 fully saturated rings. The molecule has 1 aliphatic carbocycles. The number of nitrogen functional groups attached to an aromatic ring is 1. The lowest BCUT2D eigenvalue weighted by Gasteiger charge is -2.41. The van der Waals surface area contributed by atoms with Crippen LogP contribution in [0.5, 0.6) is 0 Å². The van der Waals surface area contributed by atoms with Gasteiger partial charge in [-0.1, -0.05) is 19.3 Å². The molecule has 0 aromatic carbocycles. The van der Waals surface area contributed by atoms with E-state index in [0.29, 0.717) is 12.6 Å². The van der Waals surface area contributed by atoms with Gasteiger partial charge in [-0.2, -0.15) is 4.98 Å². The number of aryl methyl sites for hydroxylation is 1. The predicted octanol–water partition coefficient (Wildman–Crippen LogP) is 1.35. The third kappa shape index (κ3) is 3.09. The topological polar surface area (TPSA) is 75.3 Å². The first-order valence-electron chi connectivity index (χ1n) is 7.79. The highest BCUT2D eigenvalue weighted by atomic mass is 16.2. The van der Waals surface area contributed by atoms with Gasteiger partial charge in [0.1, 0.15) is 5.82 Å². The van der Waals surface area contributed by atoms with Crippen LogP contribution in [0.15, 0.2) is 6.07 Å². The molecule has 114 valence electrons. The average Bonchev–Trinajstić information content (AvgIpc) is 2.47. The first kappa shape index (κ1) is 14.1. The summed E-state index contributed by atoms with van der Waals surface area (Å²) in [5.74, 6) is 1.24. The summed E-state index contributed by atoms with van der Waals surface area (Å²) in [5.41, 5.74) is 6.53. The number of carbonyl (C=O) groups is 1. The van der Waals surface area contributed by atoms with E-state index in [0.717, 1.165) is 37.4 Å². The van der Waals surface area contributed by atoms with Gasteiger partial charge in [0.05, 0.1) is 6.54 Å². The highest BCUT2D eigenvalue weighted by Gasteiger charge is 2.30. The Balaban J connectivity index is 1.68. The second kappa shape index (κ2) is 5.87. The van der Waals surface area contributed by atoms with E-state index < -0.39 is 0 Å². The third-order valence-corrected chi connectivity index (χ3v) is 4.45. The first-order valence-corrected chi connectivity index (χ1v) is 7.79. The van der Waals surface area contributed by atoms with E-state index in [4.69, 9.17) is 5.73 Å². The van der Waals surface area contributed by atoms with Gasteiger partial charge in [0.15, 0.2) is 0 Å². The molecule has 1 aliphatic heterocycles. The van der Waals surface area contributed by atoms with Gasteiger partial charge >= 0.3 is 0 Å². The van der Waals surface area contributed by atoms with E-state index in [1.165, 1.54) is 19.3 Å². The van der Waals surface area contributed by atoms with Gasteiger partial charge in [0.25, 0.3) is 0 Å². The Bertz CT molecular complexity index is 507. The van der Waals surface area contributed by atoms with Crippen molar-refractivity contribution in [3.63, 3.8) is 0 Å². The maximum Gasteiger partial charge on any atom is 0.242 e. The number of nitrogens with two attached hydrogens (primary N) is 1. The molecular weight excluding hydrogens is 266 g/mol. The number of piperazine rings is 1. The van der Waals surface area contributed by atoms with Crippen LogP contribution in [0.4, 0.5) is 11.8 Å². The molecule has 1 aromatic heterocycles. The fourth-order valence-electron chi connectivity index (χ4n) is 3.40.